The third-order valence-corrected chi connectivity index (χ3v) is 9.72. The van der Waals surface area contributed by atoms with Crippen LogP contribution in [0.1, 0.15) is 30.1 Å². The van der Waals surface area contributed by atoms with Crippen molar-refractivity contribution in [3.8, 4) is 11.1 Å². The molecule has 9 heteroatoms. The van der Waals surface area contributed by atoms with Crippen molar-refractivity contribution in [2.75, 3.05) is 26.8 Å². The van der Waals surface area contributed by atoms with Crippen LogP contribution in [0.3, 0.4) is 0 Å². The number of ether oxygens (including phenoxy) is 1. The zero-order valence-electron chi connectivity index (χ0n) is 20.2. The van der Waals surface area contributed by atoms with Crippen molar-refractivity contribution in [1.29, 1.82) is 0 Å². The number of hydrogen-bond donors (Lipinski definition) is 0. The lowest BCUT2D eigenvalue weighted by Gasteiger charge is -2.27. The quantitative estimate of drug-likeness (QED) is 0.418. The molecule has 0 N–H and O–H groups in total. The number of halogens is 1. The fourth-order valence-corrected chi connectivity index (χ4v) is 7.36. The molecule has 1 aromatic carbocycles. The molecule has 0 bridgehead atoms. The smallest absolute Gasteiger partial charge is 0.253 e. The van der Waals surface area contributed by atoms with Crippen LogP contribution in [-0.4, -0.2) is 59.7 Å². The fraction of sp³-hybridized carbons (Fsp3) is 0.333. The zero-order valence-corrected chi connectivity index (χ0v) is 22.6. The first-order chi connectivity index (χ1) is 17.2. The van der Waals surface area contributed by atoms with Crippen molar-refractivity contribution in [3.63, 3.8) is 0 Å². The summed E-state index contributed by atoms with van der Waals surface area (Å²) in [5, 5.41) is 0.733. The third kappa shape index (κ3) is 4.44. The lowest BCUT2D eigenvalue weighted by molar-refractivity contribution is 0.0766. The lowest BCUT2D eigenvalue weighted by Crippen LogP contribution is -2.38. The van der Waals surface area contributed by atoms with E-state index in [1.54, 1.807) is 48.5 Å². The van der Waals surface area contributed by atoms with Crippen LogP contribution in [-0.2, 0) is 14.8 Å². The minimum absolute atomic E-state index is 0.0456. The number of carbonyl (C=O) groups is 1. The summed E-state index contributed by atoms with van der Waals surface area (Å²) in [6.45, 7) is 3.83. The van der Waals surface area contributed by atoms with Crippen LogP contribution in [0.5, 0.6) is 0 Å². The first-order valence-electron chi connectivity index (χ1n) is 11.9. The molecule has 36 heavy (non-hydrogen) atoms. The van der Waals surface area contributed by atoms with Crippen LogP contribution in [0.4, 0.5) is 0 Å². The number of pyridine rings is 1. The van der Waals surface area contributed by atoms with Crippen molar-refractivity contribution >= 4 is 42.9 Å². The summed E-state index contributed by atoms with van der Waals surface area (Å²) in [7, 11) is -2.02. The van der Waals surface area contributed by atoms with Gasteiger partial charge >= 0.3 is 0 Å². The van der Waals surface area contributed by atoms with Crippen molar-refractivity contribution in [1.82, 2.24) is 13.9 Å². The van der Waals surface area contributed by atoms with Gasteiger partial charge in [-0.2, -0.15) is 0 Å². The predicted octanol–water partition coefficient (Wildman–Crippen LogP) is 4.99. The average molecular weight is 571 g/mol. The van der Waals surface area contributed by atoms with Crippen molar-refractivity contribution < 1.29 is 17.9 Å². The topological polar surface area (TPSA) is 81.5 Å². The summed E-state index contributed by atoms with van der Waals surface area (Å²) in [5.74, 6) is 0.326. The molecule has 5 rings (SSSR count). The maximum absolute atomic E-state index is 13.8. The van der Waals surface area contributed by atoms with Gasteiger partial charge in [-0.3, -0.25) is 4.79 Å². The van der Waals surface area contributed by atoms with E-state index < -0.39 is 14.8 Å². The van der Waals surface area contributed by atoms with Gasteiger partial charge in [0.05, 0.1) is 6.61 Å². The maximum atomic E-state index is 13.8. The third-order valence-electron chi connectivity index (χ3n) is 6.97. The highest BCUT2D eigenvalue weighted by molar-refractivity contribution is 9.11. The van der Waals surface area contributed by atoms with Gasteiger partial charge in [0.2, 0.25) is 10.0 Å². The number of benzene rings is 1. The van der Waals surface area contributed by atoms with Gasteiger partial charge < -0.3 is 9.64 Å². The molecule has 1 fully saturated rings. The van der Waals surface area contributed by atoms with Crippen molar-refractivity contribution in [2.24, 2.45) is 5.92 Å². The molecule has 188 valence electrons. The van der Waals surface area contributed by atoms with E-state index in [0.717, 1.165) is 34.0 Å². The lowest BCUT2D eigenvalue weighted by atomic mass is 10.0. The normalized spacial score (nSPS) is 22.1. The number of amides is 1. The van der Waals surface area contributed by atoms with Crippen LogP contribution in [0.25, 0.3) is 22.2 Å². The molecule has 1 saturated heterocycles. The zero-order chi connectivity index (χ0) is 25.5. The first kappa shape index (κ1) is 24.9. The molecule has 7 nitrogen and oxygen atoms in total. The van der Waals surface area contributed by atoms with Gasteiger partial charge in [-0.25, -0.2) is 17.4 Å². The number of aromatic nitrogens is 2. The Balaban J connectivity index is 1.48. The molecule has 0 saturated carbocycles. The highest BCUT2D eigenvalue weighted by Crippen LogP contribution is 2.37. The van der Waals surface area contributed by atoms with Gasteiger partial charge in [0.25, 0.3) is 5.91 Å². The van der Waals surface area contributed by atoms with E-state index in [-0.39, 0.29) is 5.91 Å². The number of nitrogens with zero attached hydrogens (tertiary/aromatic N) is 3. The molecule has 0 spiro atoms. The monoisotopic (exact) mass is 569 g/mol. The summed E-state index contributed by atoms with van der Waals surface area (Å²) in [6, 6.07) is 11.0. The SMILES string of the molecule is CN(CC1CCOC1)C(=O)c1ccc(-c2cn(S(=O)(=O)C3(C)C=C(Br)C=CC3)c3ncccc23)cc1. The molecule has 1 amide bonds. The van der Waals surface area contributed by atoms with Gasteiger partial charge in [0, 0.05) is 59.5 Å². The number of carbonyl (C=O) groups excluding carboxylic acids is 1. The fourth-order valence-electron chi connectivity index (χ4n) is 4.86. The molecule has 3 aromatic rings. The van der Waals surface area contributed by atoms with E-state index in [2.05, 4.69) is 20.9 Å². The Morgan fingerprint density at radius 3 is 2.75 bits per heavy atom. The van der Waals surface area contributed by atoms with Gasteiger partial charge in [0.15, 0.2) is 5.65 Å². The van der Waals surface area contributed by atoms with E-state index in [9.17, 15) is 13.2 Å². The van der Waals surface area contributed by atoms with E-state index in [4.69, 9.17) is 4.74 Å². The summed E-state index contributed by atoms with van der Waals surface area (Å²) in [5.41, 5.74) is 2.53. The van der Waals surface area contributed by atoms with E-state index in [1.165, 1.54) is 3.97 Å². The number of fused-ring (bicyclic) bond motifs is 1. The summed E-state index contributed by atoms with van der Waals surface area (Å²) < 4.78 is 34.0. The van der Waals surface area contributed by atoms with Gasteiger partial charge in [-0.1, -0.05) is 40.2 Å². The second kappa shape index (κ2) is 9.61. The molecular formula is C27H28BrN3O4S. The largest absolute Gasteiger partial charge is 0.381 e. The minimum Gasteiger partial charge on any atom is -0.381 e. The van der Waals surface area contributed by atoms with Crippen molar-refractivity contribution in [2.45, 2.75) is 24.5 Å². The summed E-state index contributed by atoms with van der Waals surface area (Å²) in [4.78, 5) is 19.1. The Morgan fingerprint density at radius 2 is 2.06 bits per heavy atom. The predicted molar refractivity (Wildman–Crippen MR) is 145 cm³/mol. The van der Waals surface area contributed by atoms with Gasteiger partial charge in [-0.15, -0.1) is 0 Å². The summed E-state index contributed by atoms with van der Waals surface area (Å²) in [6.07, 6.45) is 10.0. The van der Waals surface area contributed by atoms with Crippen molar-refractivity contribution in [3.05, 3.63) is 77.1 Å². The maximum Gasteiger partial charge on any atom is 0.253 e. The second-order valence-electron chi connectivity index (χ2n) is 9.66. The Hall–Kier alpha value is -2.75. The van der Waals surface area contributed by atoms with Crippen LogP contribution < -0.4 is 0 Å². The Morgan fingerprint density at radius 1 is 1.28 bits per heavy atom. The number of allylic oxidation sites excluding steroid dienone is 3. The molecule has 1 aliphatic carbocycles. The van der Waals surface area contributed by atoms with Crippen LogP contribution in [0.15, 0.2) is 71.5 Å². The molecule has 2 atom stereocenters. The minimum atomic E-state index is -3.83. The number of hydrogen-bond acceptors (Lipinski definition) is 5. The second-order valence-corrected chi connectivity index (χ2v) is 12.9. The Kier molecular flexibility index (Phi) is 6.65. The van der Waals surface area contributed by atoms with E-state index >= 15 is 0 Å². The van der Waals surface area contributed by atoms with Crippen LogP contribution >= 0.6 is 15.9 Å². The standard InChI is InChI=1S/C27H28BrN3O4S/c1-27(12-3-5-22(28)15-27)36(33,34)31-17-24(23-6-4-13-29-25(23)31)20-7-9-21(10-8-20)26(32)30(2)16-19-11-14-35-18-19/h3-10,13,15,17,19H,11-12,14,16,18H2,1-2H3. The van der Waals surface area contributed by atoms with Gasteiger partial charge in [-0.05, 0) is 55.7 Å². The molecule has 2 aromatic heterocycles. The molecule has 0 radical (unpaired) electrons. The Labute approximate surface area is 219 Å². The average Bonchev–Trinajstić information content (AvgIpc) is 3.51. The number of rotatable bonds is 6. The molecule has 2 unspecified atom stereocenters. The molecule has 2 aliphatic rings. The first-order valence-corrected chi connectivity index (χ1v) is 14.1. The highest BCUT2D eigenvalue weighted by Gasteiger charge is 2.40. The molecule has 3 heterocycles. The summed E-state index contributed by atoms with van der Waals surface area (Å²) >= 11 is 3.42. The van der Waals surface area contributed by atoms with Crippen LogP contribution in [0, 0.1) is 5.92 Å². The van der Waals surface area contributed by atoms with Crippen LogP contribution in [0.2, 0.25) is 0 Å². The van der Waals surface area contributed by atoms with Gasteiger partial charge in [0.1, 0.15) is 4.75 Å². The molecular weight excluding hydrogens is 542 g/mol. The molecule has 1 aliphatic heterocycles. The van der Waals surface area contributed by atoms with E-state index in [0.29, 0.717) is 36.7 Å². The Bertz CT molecular complexity index is 1470. The highest BCUT2D eigenvalue weighted by atomic mass is 79.9. The van der Waals surface area contributed by atoms with E-state index in [1.807, 2.05) is 37.4 Å².